The smallest absolute Gasteiger partial charge is 0.147 e. The van der Waals surface area contributed by atoms with Gasteiger partial charge in [0.25, 0.3) is 0 Å². The van der Waals surface area contributed by atoms with E-state index in [-0.39, 0.29) is 0 Å². The predicted octanol–water partition coefficient (Wildman–Crippen LogP) is 15.8. The first-order chi connectivity index (χ1) is 29.3. The third-order valence-electron chi connectivity index (χ3n) is 12.4. The number of hydrogen-bond donors (Lipinski definition) is 0. The summed E-state index contributed by atoms with van der Waals surface area (Å²) in [5, 5.41) is 11.8. The summed E-state index contributed by atoms with van der Waals surface area (Å²) in [6, 6.07) is 75.0. The molecule has 3 aromatic heterocycles. The Morgan fingerprint density at radius 2 is 0.915 bits per heavy atom. The molecular formula is C56H34N2O. The van der Waals surface area contributed by atoms with Crippen molar-refractivity contribution in [1.29, 1.82) is 0 Å². The number of pyridine rings is 1. The Bertz CT molecular complexity index is 3700. The lowest BCUT2D eigenvalue weighted by Crippen LogP contribution is -2.11. The molecule has 274 valence electrons. The lowest BCUT2D eigenvalue weighted by Gasteiger charge is -2.27. The van der Waals surface area contributed by atoms with Crippen LogP contribution in [0.1, 0.15) is 0 Å². The normalized spacial score (nSPS) is 12.1. The molecule has 0 radical (unpaired) electrons. The van der Waals surface area contributed by atoms with Crippen LogP contribution in [0.2, 0.25) is 0 Å². The second kappa shape index (κ2) is 12.3. The summed E-state index contributed by atoms with van der Waals surface area (Å²) in [7, 11) is 0. The molecule has 13 aromatic rings. The van der Waals surface area contributed by atoms with Gasteiger partial charge < -0.3 is 13.7 Å². The van der Waals surface area contributed by atoms with Crippen molar-refractivity contribution >= 4 is 98.6 Å². The Morgan fingerprint density at radius 1 is 0.356 bits per heavy atom. The van der Waals surface area contributed by atoms with Gasteiger partial charge in [0.2, 0.25) is 0 Å². The molecule has 13 rings (SSSR count). The molecule has 59 heavy (non-hydrogen) atoms. The fourth-order valence-electron chi connectivity index (χ4n) is 9.86. The van der Waals surface area contributed by atoms with Gasteiger partial charge in [-0.3, -0.25) is 0 Å². The van der Waals surface area contributed by atoms with Crippen molar-refractivity contribution in [2.24, 2.45) is 0 Å². The SMILES string of the molecule is c1ccc(-c2cccc(N(c3cccc(-c4ccccc4)c3)c3cc4c(c5cccc6c7cccc8cccc(c87)n4c65)c4oc5cc6ccccc6cc5c34)c2)cc1. The first-order valence-corrected chi connectivity index (χ1v) is 20.3. The minimum Gasteiger partial charge on any atom is -0.455 e. The van der Waals surface area contributed by atoms with Crippen LogP contribution >= 0.6 is 0 Å². The lowest BCUT2D eigenvalue weighted by atomic mass is 9.99. The molecular weight excluding hydrogens is 717 g/mol. The van der Waals surface area contributed by atoms with E-state index in [4.69, 9.17) is 4.42 Å². The highest BCUT2D eigenvalue weighted by molar-refractivity contribution is 6.33. The predicted molar refractivity (Wildman–Crippen MR) is 249 cm³/mol. The van der Waals surface area contributed by atoms with E-state index < -0.39 is 0 Å². The summed E-state index contributed by atoms with van der Waals surface area (Å²) in [6.45, 7) is 0. The minimum atomic E-state index is 0.876. The van der Waals surface area contributed by atoms with Crippen LogP contribution in [0.3, 0.4) is 0 Å². The maximum absolute atomic E-state index is 7.26. The third-order valence-corrected chi connectivity index (χ3v) is 12.4. The van der Waals surface area contributed by atoms with E-state index in [1.807, 2.05) is 0 Å². The van der Waals surface area contributed by atoms with Gasteiger partial charge in [0.15, 0.2) is 0 Å². The van der Waals surface area contributed by atoms with Gasteiger partial charge in [-0.05, 0) is 92.3 Å². The zero-order valence-electron chi connectivity index (χ0n) is 31.9. The molecule has 10 aromatic carbocycles. The molecule has 0 unspecified atom stereocenters. The lowest BCUT2D eigenvalue weighted by molar-refractivity contribution is 0.673. The van der Waals surface area contributed by atoms with Crippen molar-refractivity contribution in [2.75, 3.05) is 4.90 Å². The molecule has 0 amide bonds. The van der Waals surface area contributed by atoms with E-state index >= 15 is 0 Å². The average Bonchev–Trinajstić information content (AvgIpc) is 3.84. The Balaban J connectivity index is 1.23. The average molecular weight is 751 g/mol. The zero-order valence-corrected chi connectivity index (χ0v) is 31.9. The minimum absolute atomic E-state index is 0.876. The number of anilines is 3. The van der Waals surface area contributed by atoms with E-state index in [1.165, 1.54) is 54.5 Å². The fourth-order valence-corrected chi connectivity index (χ4v) is 9.86. The summed E-state index contributed by atoms with van der Waals surface area (Å²) < 4.78 is 9.76. The van der Waals surface area contributed by atoms with E-state index in [9.17, 15) is 0 Å². The Morgan fingerprint density at radius 3 is 1.63 bits per heavy atom. The number of hydrogen-bond acceptors (Lipinski definition) is 2. The van der Waals surface area contributed by atoms with Crippen molar-refractivity contribution in [3.8, 4) is 22.3 Å². The third kappa shape index (κ3) is 4.70. The fraction of sp³-hybridized carbons (Fsp3) is 0. The molecule has 0 saturated carbocycles. The molecule has 0 N–H and O–H groups in total. The van der Waals surface area contributed by atoms with Crippen LogP contribution in [0.15, 0.2) is 211 Å². The van der Waals surface area contributed by atoms with E-state index in [0.717, 1.165) is 66.4 Å². The van der Waals surface area contributed by atoms with Crippen LogP contribution in [0.25, 0.3) is 104 Å². The van der Waals surface area contributed by atoms with Crippen molar-refractivity contribution in [3.05, 3.63) is 206 Å². The molecule has 0 aliphatic rings. The summed E-state index contributed by atoms with van der Waals surface area (Å²) >= 11 is 0. The van der Waals surface area contributed by atoms with Crippen molar-refractivity contribution in [1.82, 2.24) is 4.40 Å². The van der Waals surface area contributed by atoms with Gasteiger partial charge in [-0.25, -0.2) is 0 Å². The number of rotatable bonds is 5. The number of aromatic nitrogens is 1. The first-order valence-electron chi connectivity index (χ1n) is 20.3. The Labute approximate surface area is 339 Å². The van der Waals surface area contributed by atoms with E-state index in [1.54, 1.807) is 0 Å². The molecule has 0 atom stereocenters. The number of nitrogens with zero attached hydrogens (tertiary/aromatic N) is 2. The summed E-state index contributed by atoms with van der Waals surface area (Å²) in [6.07, 6.45) is 0. The van der Waals surface area contributed by atoms with Crippen LogP contribution in [-0.2, 0) is 0 Å². The van der Waals surface area contributed by atoms with Crippen molar-refractivity contribution in [3.63, 3.8) is 0 Å². The molecule has 0 saturated heterocycles. The highest BCUT2D eigenvalue weighted by atomic mass is 16.3. The summed E-state index contributed by atoms with van der Waals surface area (Å²) in [5.41, 5.74) is 13.1. The maximum atomic E-state index is 7.26. The van der Waals surface area contributed by atoms with Gasteiger partial charge in [0, 0.05) is 32.9 Å². The summed E-state index contributed by atoms with van der Waals surface area (Å²) in [5.74, 6) is 0. The maximum Gasteiger partial charge on any atom is 0.147 e. The number of benzene rings is 10. The first kappa shape index (κ1) is 32.2. The van der Waals surface area contributed by atoms with Crippen LogP contribution in [0, 0.1) is 0 Å². The number of para-hydroxylation sites is 1. The van der Waals surface area contributed by atoms with Gasteiger partial charge in [-0.2, -0.15) is 0 Å². The molecule has 0 fully saturated rings. The van der Waals surface area contributed by atoms with Crippen LogP contribution in [-0.4, -0.2) is 4.40 Å². The van der Waals surface area contributed by atoms with E-state index in [2.05, 4.69) is 216 Å². The van der Waals surface area contributed by atoms with Gasteiger partial charge in [0.05, 0.1) is 33.0 Å². The second-order valence-electron chi connectivity index (χ2n) is 15.7. The molecule has 3 heteroatoms. The van der Waals surface area contributed by atoms with E-state index in [0.29, 0.717) is 0 Å². The quantitative estimate of drug-likeness (QED) is 0.129. The zero-order chi connectivity index (χ0) is 38.6. The van der Waals surface area contributed by atoms with Gasteiger partial charge in [-0.15, -0.1) is 0 Å². The van der Waals surface area contributed by atoms with Gasteiger partial charge >= 0.3 is 0 Å². The molecule has 0 spiro atoms. The highest BCUT2D eigenvalue weighted by Gasteiger charge is 2.27. The molecule has 3 heterocycles. The molecule has 0 aliphatic carbocycles. The Hall–Kier alpha value is -7.88. The standard InChI is InChI=1S/C56H34N2O/c1-3-14-35(15-4-1)38-22-9-24-42(30-38)57(43-25-10-23-39(31-43)36-16-5-2-6-17-36)49-34-50-53(56-54(49)47-32-40-18-7-8-19-41(40)33-51(47)59-56)46-28-13-27-45-44-26-11-20-37-21-12-29-48(52(37)44)58(50)55(45)46/h1-34H. The van der Waals surface area contributed by atoms with Gasteiger partial charge in [-0.1, -0.05) is 158 Å². The Kier molecular flexibility index (Phi) is 6.72. The van der Waals surface area contributed by atoms with Crippen molar-refractivity contribution < 1.29 is 4.42 Å². The van der Waals surface area contributed by atoms with Crippen LogP contribution in [0.5, 0.6) is 0 Å². The number of furan rings is 1. The number of fused-ring (bicyclic) bond motifs is 10. The largest absolute Gasteiger partial charge is 0.455 e. The highest BCUT2D eigenvalue weighted by Crippen LogP contribution is 2.51. The van der Waals surface area contributed by atoms with Crippen LogP contribution in [0.4, 0.5) is 17.1 Å². The molecule has 3 nitrogen and oxygen atoms in total. The summed E-state index contributed by atoms with van der Waals surface area (Å²) in [4.78, 5) is 2.45. The topological polar surface area (TPSA) is 20.8 Å². The second-order valence-corrected chi connectivity index (χ2v) is 15.7. The van der Waals surface area contributed by atoms with Crippen molar-refractivity contribution in [2.45, 2.75) is 0 Å². The van der Waals surface area contributed by atoms with Crippen LogP contribution < -0.4 is 4.90 Å². The van der Waals surface area contributed by atoms with Gasteiger partial charge in [0.1, 0.15) is 11.2 Å². The molecule has 0 bridgehead atoms. The molecule has 0 aliphatic heterocycles. The monoisotopic (exact) mass is 750 g/mol.